The Bertz CT molecular complexity index is 1760. The number of carbonyl (C=O) groups is 1. The molecule has 0 spiro atoms. The molecule has 4 aromatic rings. The quantitative estimate of drug-likeness (QED) is 0.249. The zero-order valence-corrected chi connectivity index (χ0v) is 24.4. The third kappa shape index (κ3) is 6.82. The molecule has 0 aromatic heterocycles. The van der Waals surface area contributed by atoms with Crippen molar-refractivity contribution in [3.63, 3.8) is 0 Å². The standard InChI is InChI=1S/C29H28ClN3O5S2/c1-20-7-13-27(14-8-20)40(37,38)33(28-18-23(30)10-9-22(28)3)19-29(34)31-24-11-15-26(16-12-24)39(35,36)32-25-6-4-5-21(2)17-25/h4-18,32H,19H2,1-3H3,(H,31,34). The molecular formula is C29H28ClN3O5S2. The Hall–Kier alpha value is -3.86. The highest BCUT2D eigenvalue weighted by Crippen LogP contribution is 2.30. The molecule has 0 saturated heterocycles. The van der Waals surface area contributed by atoms with Crippen LogP contribution >= 0.6 is 11.6 Å². The van der Waals surface area contributed by atoms with Crippen LogP contribution in [0.4, 0.5) is 17.1 Å². The number of halogens is 1. The molecular weight excluding hydrogens is 570 g/mol. The Morgan fingerprint density at radius 1 is 0.750 bits per heavy atom. The van der Waals surface area contributed by atoms with Crippen LogP contribution in [0.3, 0.4) is 0 Å². The van der Waals surface area contributed by atoms with E-state index in [0.717, 1.165) is 15.4 Å². The molecule has 4 aromatic carbocycles. The molecule has 0 unspecified atom stereocenters. The van der Waals surface area contributed by atoms with Gasteiger partial charge in [0.25, 0.3) is 20.0 Å². The number of benzene rings is 4. The van der Waals surface area contributed by atoms with E-state index in [9.17, 15) is 21.6 Å². The van der Waals surface area contributed by atoms with Crippen molar-refractivity contribution < 1.29 is 21.6 Å². The van der Waals surface area contributed by atoms with Gasteiger partial charge < -0.3 is 5.32 Å². The average molecular weight is 598 g/mol. The number of anilines is 3. The van der Waals surface area contributed by atoms with Crippen molar-refractivity contribution in [1.29, 1.82) is 0 Å². The zero-order valence-electron chi connectivity index (χ0n) is 22.1. The summed E-state index contributed by atoms with van der Waals surface area (Å²) in [5, 5.41) is 2.97. The number of hydrogen-bond donors (Lipinski definition) is 2. The lowest BCUT2D eigenvalue weighted by atomic mass is 10.2. The van der Waals surface area contributed by atoms with E-state index in [1.807, 2.05) is 19.9 Å². The van der Waals surface area contributed by atoms with Gasteiger partial charge in [0, 0.05) is 16.4 Å². The van der Waals surface area contributed by atoms with E-state index in [-0.39, 0.29) is 15.5 Å². The monoisotopic (exact) mass is 597 g/mol. The molecule has 2 N–H and O–H groups in total. The van der Waals surface area contributed by atoms with Crippen LogP contribution in [0.25, 0.3) is 0 Å². The second kappa shape index (κ2) is 11.7. The fourth-order valence-electron chi connectivity index (χ4n) is 3.96. The summed E-state index contributed by atoms with van der Waals surface area (Å²) in [5.74, 6) is -0.622. The Balaban J connectivity index is 1.56. The maximum atomic E-state index is 13.7. The normalized spacial score (nSPS) is 11.6. The molecule has 0 bridgehead atoms. The Kier molecular flexibility index (Phi) is 8.53. The summed E-state index contributed by atoms with van der Waals surface area (Å²) < 4.78 is 56.4. The predicted molar refractivity (Wildman–Crippen MR) is 159 cm³/mol. The molecule has 0 aliphatic rings. The van der Waals surface area contributed by atoms with Crippen molar-refractivity contribution in [3.05, 3.63) is 113 Å². The van der Waals surface area contributed by atoms with Crippen molar-refractivity contribution in [2.45, 2.75) is 30.6 Å². The van der Waals surface area contributed by atoms with E-state index in [0.29, 0.717) is 22.0 Å². The van der Waals surface area contributed by atoms with Crippen molar-refractivity contribution in [2.24, 2.45) is 0 Å². The predicted octanol–water partition coefficient (Wildman–Crippen LogP) is 5.90. The SMILES string of the molecule is Cc1ccc(S(=O)(=O)N(CC(=O)Nc2ccc(S(=O)(=O)Nc3cccc(C)c3)cc2)c2cc(Cl)ccc2C)cc1. The number of hydrogen-bond acceptors (Lipinski definition) is 5. The molecule has 0 radical (unpaired) electrons. The summed E-state index contributed by atoms with van der Waals surface area (Å²) in [6.07, 6.45) is 0. The minimum Gasteiger partial charge on any atom is -0.325 e. The average Bonchev–Trinajstić information content (AvgIpc) is 2.89. The van der Waals surface area contributed by atoms with Crippen molar-refractivity contribution >= 4 is 54.6 Å². The minimum absolute atomic E-state index is 0.00475. The number of aryl methyl sites for hydroxylation is 3. The highest BCUT2D eigenvalue weighted by atomic mass is 35.5. The van der Waals surface area contributed by atoms with Crippen LogP contribution in [0.5, 0.6) is 0 Å². The highest BCUT2D eigenvalue weighted by molar-refractivity contribution is 7.93. The van der Waals surface area contributed by atoms with Gasteiger partial charge in [-0.1, -0.05) is 47.5 Å². The van der Waals surface area contributed by atoms with Crippen molar-refractivity contribution in [3.8, 4) is 0 Å². The van der Waals surface area contributed by atoms with Crippen LogP contribution in [0.2, 0.25) is 5.02 Å². The second-order valence-corrected chi connectivity index (χ2v) is 13.3. The van der Waals surface area contributed by atoms with E-state index < -0.39 is 32.5 Å². The van der Waals surface area contributed by atoms with Gasteiger partial charge in [0.15, 0.2) is 0 Å². The molecule has 40 heavy (non-hydrogen) atoms. The molecule has 8 nitrogen and oxygen atoms in total. The van der Waals surface area contributed by atoms with E-state index in [2.05, 4.69) is 10.0 Å². The first-order valence-corrected chi connectivity index (χ1v) is 15.5. The van der Waals surface area contributed by atoms with E-state index in [1.165, 1.54) is 42.5 Å². The van der Waals surface area contributed by atoms with Gasteiger partial charge in [0.2, 0.25) is 5.91 Å². The topological polar surface area (TPSA) is 113 Å². The van der Waals surface area contributed by atoms with Gasteiger partial charge in [-0.2, -0.15) is 0 Å². The lowest BCUT2D eigenvalue weighted by Crippen LogP contribution is -2.38. The molecule has 0 aliphatic heterocycles. The number of carbonyl (C=O) groups excluding carboxylic acids is 1. The Labute approximate surface area is 239 Å². The van der Waals surface area contributed by atoms with Crippen LogP contribution in [-0.2, 0) is 24.8 Å². The first kappa shape index (κ1) is 29.1. The van der Waals surface area contributed by atoms with Gasteiger partial charge in [-0.25, -0.2) is 16.8 Å². The van der Waals surface area contributed by atoms with Crippen LogP contribution in [0, 0.1) is 20.8 Å². The Morgan fingerprint density at radius 3 is 2.05 bits per heavy atom. The molecule has 208 valence electrons. The van der Waals surface area contributed by atoms with E-state index in [4.69, 9.17) is 11.6 Å². The summed E-state index contributed by atoms with van der Waals surface area (Å²) in [6, 6.07) is 23.7. The van der Waals surface area contributed by atoms with E-state index >= 15 is 0 Å². The molecule has 0 saturated carbocycles. The highest BCUT2D eigenvalue weighted by Gasteiger charge is 2.28. The fraction of sp³-hybridized carbons (Fsp3) is 0.138. The van der Waals surface area contributed by atoms with Gasteiger partial charge in [-0.15, -0.1) is 0 Å². The van der Waals surface area contributed by atoms with Gasteiger partial charge in [0.05, 0.1) is 15.5 Å². The number of rotatable bonds is 9. The minimum atomic E-state index is -4.13. The number of nitrogens with zero attached hydrogens (tertiary/aromatic N) is 1. The molecule has 4 rings (SSSR count). The van der Waals surface area contributed by atoms with Crippen LogP contribution in [-0.4, -0.2) is 29.3 Å². The number of nitrogens with one attached hydrogen (secondary N) is 2. The lowest BCUT2D eigenvalue weighted by Gasteiger charge is -2.26. The van der Waals surface area contributed by atoms with Gasteiger partial charge >= 0.3 is 0 Å². The van der Waals surface area contributed by atoms with Gasteiger partial charge in [0.1, 0.15) is 6.54 Å². The molecule has 0 aliphatic carbocycles. The summed E-state index contributed by atoms with van der Waals surface area (Å²) in [5.41, 5.74) is 3.42. The largest absolute Gasteiger partial charge is 0.325 e. The number of sulfonamides is 2. The maximum absolute atomic E-state index is 13.7. The van der Waals surface area contributed by atoms with Gasteiger partial charge in [-0.05, 0) is 92.6 Å². The molecule has 0 atom stereocenters. The Morgan fingerprint density at radius 2 is 1.40 bits per heavy atom. The van der Waals surface area contributed by atoms with Crippen molar-refractivity contribution in [1.82, 2.24) is 0 Å². The maximum Gasteiger partial charge on any atom is 0.264 e. The molecule has 0 heterocycles. The number of amides is 1. The summed E-state index contributed by atoms with van der Waals surface area (Å²) in [7, 11) is -7.99. The first-order chi connectivity index (χ1) is 18.8. The molecule has 1 amide bonds. The first-order valence-electron chi connectivity index (χ1n) is 12.2. The molecule has 0 fully saturated rings. The van der Waals surface area contributed by atoms with Crippen molar-refractivity contribution in [2.75, 3.05) is 20.9 Å². The lowest BCUT2D eigenvalue weighted by molar-refractivity contribution is -0.114. The summed E-state index contributed by atoms with van der Waals surface area (Å²) in [6.45, 7) is 4.89. The second-order valence-electron chi connectivity index (χ2n) is 9.30. The smallest absolute Gasteiger partial charge is 0.264 e. The van der Waals surface area contributed by atoms with Crippen LogP contribution < -0.4 is 14.3 Å². The van der Waals surface area contributed by atoms with Crippen LogP contribution in [0.1, 0.15) is 16.7 Å². The fourth-order valence-corrected chi connectivity index (χ4v) is 6.65. The third-order valence-electron chi connectivity index (χ3n) is 6.05. The van der Waals surface area contributed by atoms with E-state index in [1.54, 1.807) is 49.4 Å². The summed E-state index contributed by atoms with van der Waals surface area (Å²) >= 11 is 6.18. The zero-order chi connectivity index (χ0) is 29.1. The molecule has 11 heteroatoms. The van der Waals surface area contributed by atoms with Crippen LogP contribution in [0.15, 0.2) is 101 Å². The third-order valence-corrected chi connectivity index (χ3v) is 9.46. The van der Waals surface area contributed by atoms with Gasteiger partial charge in [-0.3, -0.25) is 13.8 Å². The summed E-state index contributed by atoms with van der Waals surface area (Å²) in [4.78, 5) is 13.1.